The Morgan fingerprint density at radius 2 is 1.88 bits per heavy atom. The Morgan fingerprint density at radius 3 is 2.50 bits per heavy atom. The standard InChI is InChI=1S/C20H29N3O2S/c1-4-21-19(23-15-20(3,24)18-10-11-26-14-18)22-12-16-6-8-17(9-7-16)13-25-5-2/h6-11,14,24H,4-5,12-13,15H2,1-3H3,(H2,21,22,23). The van der Waals surface area contributed by atoms with Crippen LogP contribution in [-0.4, -0.2) is 30.8 Å². The Morgan fingerprint density at radius 1 is 1.15 bits per heavy atom. The van der Waals surface area contributed by atoms with Gasteiger partial charge in [-0.05, 0) is 54.3 Å². The third-order valence-electron chi connectivity index (χ3n) is 4.00. The van der Waals surface area contributed by atoms with Gasteiger partial charge in [0.1, 0.15) is 5.60 Å². The van der Waals surface area contributed by atoms with Gasteiger partial charge in [0.05, 0.1) is 19.7 Å². The summed E-state index contributed by atoms with van der Waals surface area (Å²) in [5, 5.41) is 21.0. The van der Waals surface area contributed by atoms with Crippen molar-refractivity contribution in [1.82, 2.24) is 10.6 Å². The van der Waals surface area contributed by atoms with Crippen molar-refractivity contribution in [2.24, 2.45) is 4.99 Å². The number of nitrogens with one attached hydrogen (secondary N) is 2. The molecule has 5 nitrogen and oxygen atoms in total. The van der Waals surface area contributed by atoms with Crippen LogP contribution in [0, 0.1) is 0 Å². The van der Waals surface area contributed by atoms with Gasteiger partial charge in [-0.1, -0.05) is 24.3 Å². The quantitative estimate of drug-likeness (QED) is 0.465. The Balaban J connectivity index is 1.93. The Kier molecular flexibility index (Phi) is 8.09. The minimum atomic E-state index is -0.933. The fourth-order valence-electron chi connectivity index (χ4n) is 2.40. The number of rotatable bonds is 9. The average molecular weight is 376 g/mol. The summed E-state index contributed by atoms with van der Waals surface area (Å²) in [5.41, 5.74) is 2.27. The maximum absolute atomic E-state index is 10.6. The molecule has 0 bridgehead atoms. The molecule has 6 heteroatoms. The van der Waals surface area contributed by atoms with Gasteiger partial charge in [-0.15, -0.1) is 0 Å². The van der Waals surface area contributed by atoms with E-state index in [1.807, 2.05) is 37.6 Å². The molecule has 26 heavy (non-hydrogen) atoms. The number of benzene rings is 1. The second kappa shape index (κ2) is 10.3. The number of guanidine groups is 1. The number of hydrogen-bond donors (Lipinski definition) is 3. The van der Waals surface area contributed by atoms with Gasteiger partial charge in [0.2, 0.25) is 0 Å². The van der Waals surface area contributed by atoms with E-state index in [4.69, 9.17) is 4.74 Å². The molecule has 3 N–H and O–H groups in total. The Bertz CT molecular complexity index is 667. The summed E-state index contributed by atoms with van der Waals surface area (Å²) >= 11 is 1.58. The lowest BCUT2D eigenvalue weighted by Gasteiger charge is -2.24. The second-order valence-electron chi connectivity index (χ2n) is 6.29. The Labute approximate surface area is 160 Å². The zero-order valence-electron chi connectivity index (χ0n) is 15.8. The van der Waals surface area contributed by atoms with Gasteiger partial charge in [-0.3, -0.25) is 0 Å². The van der Waals surface area contributed by atoms with E-state index in [0.717, 1.165) is 29.8 Å². The van der Waals surface area contributed by atoms with Gasteiger partial charge >= 0.3 is 0 Å². The lowest BCUT2D eigenvalue weighted by molar-refractivity contribution is 0.0621. The lowest BCUT2D eigenvalue weighted by atomic mass is 9.99. The van der Waals surface area contributed by atoms with Crippen molar-refractivity contribution in [2.75, 3.05) is 19.7 Å². The van der Waals surface area contributed by atoms with E-state index in [-0.39, 0.29) is 0 Å². The van der Waals surface area contributed by atoms with Crippen LogP contribution in [0.25, 0.3) is 0 Å². The van der Waals surface area contributed by atoms with Crippen molar-refractivity contribution in [3.8, 4) is 0 Å². The molecule has 0 amide bonds. The van der Waals surface area contributed by atoms with Crippen LogP contribution in [0.2, 0.25) is 0 Å². The van der Waals surface area contributed by atoms with Crippen LogP contribution in [0.1, 0.15) is 37.5 Å². The van der Waals surface area contributed by atoms with Gasteiger partial charge in [0.15, 0.2) is 5.96 Å². The molecule has 1 heterocycles. The maximum atomic E-state index is 10.6. The van der Waals surface area contributed by atoms with Gasteiger partial charge in [0.25, 0.3) is 0 Å². The van der Waals surface area contributed by atoms with Crippen molar-refractivity contribution >= 4 is 17.3 Å². The van der Waals surface area contributed by atoms with Crippen LogP contribution in [0.15, 0.2) is 46.1 Å². The molecule has 0 aliphatic carbocycles. The first-order valence-electron chi connectivity index (χ1n) is 8.98. The fraction of sp³-hybridized carbons (Fsp3) is 0.450. The van der Waals surface area contributed by atoms with Crippen molar-refractivity contribution in [2.45, 2.75) is 39.5 Å². The highest BCUT2D eigenvalue weighted by Gasteiger charge is 2.23. The molecular formula is C20H29N3O2S. The molecule has 0 saturated heterocycles. The van der Waals surface area contributed by atoms with Gasteiger partial charge in [0, 0.05) is 13.2 Å². The predicted molar refractivity (Wildman–Crippen MR) is 108 cm³/mol. The summed E-state index contributed by atoms with van der Waals surface area (Å²) in [6.07, 6.45) is 0. The molecule has 2 rings (SSSR count). The monoisotopic (exact) mass is 375 g/mol. The normalized spacial score (nSPS) is 14.1. The van der Waals surface area contributed by atoms with Crippen LogP contribution >= 0.6 is 11.3 Å². The number of ether oxygens (including phenoxy) is 1. The SMILES string of the molecule is CCNC(=NCc1ccc(COCC)cc1)NCC(C)(O)c1ccsc1. The molecule has 0 radical (unpaired) electrons. The average Bonchev–Trinajstić information content (AvgIpc) is 3.19. The first kappa shape index (κ1) is 20.4. The largest absolute Gasteiger partial charge is 0.384 e. The van der Waals surface area contributed by atoms with Gasteiger partial charge in [-0.25, -0.2) is 4.99 Å². The summed E-state index contributed by atoms with van der Waals surface area (Å²) in [5.74, 6) is 0.696. The topological polar surface area (TPSA) is 65.9 Å². The van der Waals surface area contributed by atoms with E-state index in [1.165, 1.54) is 0 Å². The van der Waals surface area contributed by atoms with Crippen LogP contribution in [0.4, 0.5) is 0 Å². The van der Waals surface area contributed by atoms with E-state index in [0.29, 0.717) is 25.7 Å². The predicted octanol–water partition coefficient (Wildman–Crippen LogP) is 3.25. The first-order chi connectivity index (χ1) is 12.5. The van der Waals surface area contributed by atoms with Crippen molar-refractivity contribution in [1.29, 1.82) is 0 Å². The molecule has 1 aromatic heterocycles. The molecule has 1 aromatic carbocycles. The van der Waals surface area contributed by atoms with E-state index in [9.17, 15) is 5.11 Å². The minimum Gasteiger partial charge on any atom is -0.384 e. The molecule has 1 unspecified atom stereocenters. The molecule has 0 saturated carbocycles. The molecule has 0 aliphatic heterocycles. The van der Waals surface area contributed by atoms with Crippen LogP contribution in [0.5, 0.6) is 0 Å². The summed E-state index contributed by atoms with van der Waals surface area (Å²) in [7, 11) is 0. The summed E-state index contributed by atoms with van der Waals surface area (Å²) in [6.45, 7) is 8.92. The maximum Gasteiger partial charge on any atom is 0.191 e. The number of nitrogens with zero attached hydrogens (tertiary/aromatic N) is 1. The number of aliphatic imine (C=N–C) groups is 1. The van der Waals surface area contributed by atoms with E-state index in [2.05, 4.69) is 39.9 Å². The third-order valence-corrected chi connectivity index (χ3v) is 4.69. The smallest absolute Gasteiger partial charge is 0.191 e. The van der Waals surface area contributed by atoms with Crippen LogP contribution in [0.3, 0.4) is 0 Å². The summed E-state index contributed by atoms with van der Waals surface area (Å²) in [4.78, 5) is 4.61. The number of thiophene rings is 1. The van der Waals surface area contributed by atoms with E-state index in [1.54, 1.807) is 11.3 Å². The number of aliphatic hydroxyl groups is 1. The minimum absolute atomic E-state index is 0.392. The highest BCUT2D eigenvalue weighted by atomic mass is 32.1. The Hall–Kier alpha value is -1.89. The zero-order chi connectivity index (χ0) is 18.8. The summed E-state index contributed by atoms with van der Waals surface area (Å²) in [6, 6.07) is 10.2. The van der Waals surface area contributed by atoms with Crippen molar-refractivity contribution in [3.05, 3.63) is 57.8 Å². The summed E-state index contributed by atoms with van der Waals surface area (Å²) < 4.78 is 5.41. The molecule has 0 aliphatic rings. The molecule has 142 valence electrons. The zero-order valence-corrected chi connectivity index (χ0v) is 16.6. The van der Waals surface area contributed by atoms with E-state index >= 15 is 0 Å². The van der Waals surface area contributed by atoms with Crippen molar-refractivity contribution < 1.29 is 9.84 Å². The molecule has 0 spiro atoms. The lowest BCUT2D eigenvalue weighted by Crippen LogP contribution is -2.44. The highest BCUT2D eigenvalue weighted by Crippen LogP contribution is 2.21. The van der Waals surface area contributed by atoms with Crippen LogP contribution in [-0.2, 0) is 23.5 Å². The first-order valence-corrected chi connectivity index (χ1v) is 9.92. The van der Waals surface area contributed by atoms with Gasteiger partial charge < -0.3 is 20.5 Å². The molecule has 0 fully saturated rings. The van der Waals surface area contributed by atoms with E-state index < -0.39 is 5.60 Å². The van der Waals surface area contributed by atoms with Crippen molar-refractivity contribution in [3.63, 3.8) is 0 Å². The van der Waals surface area contributed by atoms with Gasteiger partial charge in [-0.2, -0.15) is 11.3 Å². The molecule has 1 atom stereocenters. The highest BCUT2D eigenvalue weighted by molar-refractivity contribution is 7.08. The second-order valence-corrected chi connectivity index (χ2v) is 7.07. The fourth-order valence-corrected chi connectivity index (χ4v) is 3.18. The van der Waals surface area contributed by atoms with Crippen LogP contribution < -0.4 is 10.6 Å². The molecule has 2 aromatic rings. The number of hydrogen-bond acceptors (Lipinski definition) is 4. The molecular weight excluding hydrogens is 346 g/mol. The third kappa shape index (κ3) is 6.44.